The van der Waals surface area contributed by atoms with E-state index in [1.54, 1.807) is 0 Å². The highest BCUT2D eigenvalue weighted by Crippen LogP contribution is 2.28. The summed E-state index contributed by atoms with van der Waals surface area (Å²) in [5.74, 6) is 0.319. The van der Waals surface area contributed by atoms with Gasteiger partial charge >= 0.3 is 0 Å². The fraction of sp³-hybridized carbons (Fsp3) is 0.500. The van der Waals surface area contributed by atoms with Crippen LogP contribution in [-0.2, 0) is 7.05 Å². The van der Waals surface area contributed by atoms with Gasteiger partial charge in [0, 0.05) is 19.5 Å². The lowest BCUT2D eigenvalue weighted by Gasteiger charge is -2.27. The van der Waals surface area contributed by atoms with Gasteiger partial charge in [0.25, 0.3) is 0 Å². The highest BCUT2D eigenvalue weighted by Gasteiger charge is 2.23. The average Bonchev–Trinajstić information content (AvgIpc) is 2.80. The Hall–Kier alpha value is -1.39. The molecule has 2 heterocycles. The summed E-state index contributed by atoms with van der Waals surface area (Å²) in [5.41, 5.74) is 3.04. The van der Waals surface area contributed by atoms with E-state index in [0.29, 0.717) is 5.92 Å². The van der Waals surface area contributed by atoms with E-state index in [9.17, 15) is 5.11 Å². The molecule has 2 atom stereocenters. The van der Waals surface area contributed by atoms with Crippen molar-refractivity contribution in [3.8, 4) is 0 Å². The molecule has 1 saturated heterocycles. The zero-order valence-electron chi connectivity index (χ0n) is 10.6. The van der Waals surface area contributed by atoms with Gasteiger partial charge in [0.2, 0.25) is 0 Å². The summed E-state index contributed by atoms with van der Waals surface area (Å²) in [6.45, 7) is 1.98. The number of aliphatic hydroxyl groups is 1. The molecule has 1 aliphatic rings. The zero-order valence-corrected chi connectivity index (χ0v) is 10.6. The Morgan fingerprint density at radius 3 is 3.17 bits per heavy atom. The van der Waals surface area contributed by atoms with Crippen molar-refractivity contribution in [2.24, 2.45) is 13.0 Å². The molecule has 1 fully saturated rings. The summed E-state index contributed by atoms with van der Waals surface area (Å²) in [5, 5.41) is 13.8. The molecule has 0 amide bonds. The number of fused-ring (bicyclic) bond motifs is 1. The smallest absolute Gasteiger partial charge is 0.0955 e. The van der Waals surface area contributed by atoms with Gasteiger partial charge in [-0.3, -0.25) is 0 Å². The molecule has 0 bridgehead atoms. The number of hydrogen-bond donors (Lipinski definition) is 2. The van der Waals surface area contributed by atoms with Crippen molar-refractivity contribution in [1.29, 1.82) is 0 Å². The molecule has 0 saturated carbocycles. The van der Waals surface area contributed by atoms with E-state index in [4.69, 9.17) is 0 Å². The van der Waals surface area contributed by atoms with Crippen molar-refractivity contribution in [3.05, 3.63) is 30.1 Å². The minimum atomic E-state index is -0.385. The van der Waals surface area contributed by atoms with Gasteiger partial charge in [0.1, 0.15) is 0 Å². The van der Waals surface area contributed by atoms with Crippen molar-refractivity contribution in [1.82, 2.24) is 14.9 Å². The van der Waals surface area contributed by atoms with Gasteiger partial charge in [-0.15, -0.1) is 0 Å². The van der Waals surface area contributed by atoms with E-state index in [0.717, 1.165) is 42.5 Å². The van der Waals surface area contributed by atoms with Crippen LogP contribution in [-0.4, -0.2) is 27.7 Å². The first-order valence-electron chi connectivity index (χ1n) is 6.55. The molecule has 1 aromatic heterocycles. The summed E-state index contributed by atoms with van der Waals surface area (Å²) in [6.07, 6.45) is 3.66. The van der Waals surface area contributed by atoms with Crippen LogP contribution in [0.2, 0.25) is 0 Å². The number of piperidine rings is 1. The van der Waals surface area contributed by atoms with Gasteiger partial charge in [-0.25, -0.2) is 4.98 Å². The normalized spacial score (nSPS) is 22.2. The van der Waals surface area contributed by atoms with E-state index < -0.39 is 0 Å². The van der Waals surface area contributed by atoms with Crippen molar-refractivity contribution in [2.45, 2.75) is 18.9 Å². The zero-order chi connectivity index (χ0) is 12.5. The summed E-state index contributed by atoms with van der Waals surface area (Å²) in [6, 6.07) is 6.06. The molecule has 4 nitrogen and oxygen atoms in total. The van der Waals surface area contributed by atoms with Crippen LogP contribution in [0.25, 0.3) is 11.0 Å². The predicted octanol–water partition coefficient (Wildman–Crippen LogP) is 1.61. The van der Waals surface area contributed by atoms with Crippen LogP contribution in [0.3, 0.4) is 0 Å². The summed E-state index contributed by atoms with van der Waals surface area (Å²) < 4.78 is 1.99. The van der Waals surface area contributed by atoms with Crippen molar-refractivity contribution in [3.63, 3.8) is 0 Å². The third kappa shape index (κ3) is 2.02. The molecule has 18 heavy (non-hydrogen) atoms. The Kier molecular flexibility index (Phi) is 3.06. The summed E-state index contributed by atoms with van der Waals surface area (Å²) >= 11 is 0. The topological polar surface area (TPSA) is 50.1 Å². The van der Waals surface area contributed by atoms with Gasteiger partial charge in [0.05, 0.1) is 23.5 Å². The first kappa shape index (κ1) is 11.7. The van der Waals surface area contributed by atoms with E-state index in [2.05, 4.69) is 10.3 Å². The molecule has 2 N–H and O–H groups in total. The maximum atomic E-state index is 10.4. The molecule has 3 rings (SSSR count). The molecule has 0 aliphatic carbocycles. The monoisotopic (exact) mass is 245 g/mol. The van der Waals surface area contributed by atoms with Gasteiger partial charge < -0.3 is 15.0 Å². The van der Waals surface area contributed by atoms with Gasteiger partial charge in [-0.05, 0) is 37.1 Å². The second-order valence-electron chi connectivity index (χ2n) is 5.15. The lowest BCUT2D eigenvalue weighted by Crippen LogP contribution is -2.33. The molecule has 1 aliphatic heterocycles. The number of benzene rings is 1. The number of nitrogens with zero attached hydrogens (tertiary/aromatic N) is 2. The fourth-order valence-corrected chi connectivity index (χ4v) is 2.76. The van der Waals surface area contributed by atoms with Crippen LogP contribution in [0.1, 0.15) is 24.5 Å². The predicted molar refractivity (Wildman–Crippen MR) is 71.3 cm³/mol. The van der Waals surface area contributed by atoms with Gasteiger partial charge in [-0.1, -0.05) is 6.07 Å². The fourth-order valence-electron chi connectivity index (χ4n) is 2.76. The molecule has 4 heteroatoms. The lowest BCUT2D eigenvalue weighted by molar-refractivity contribution is 0.0923. The molecular formula is C14H19N3O. The lowest BCUT2D eigenvalue weighted by atomic mass is 9.89. The first-order chi connectivity index (χ1) is 8.75. The molecule has 2 aromatic rings. The highest BCUT2D eigenvalue weighted by molar-refractivity contribution is 5.76. The minimum Gasteiger partial charge on any atom is -0.388 e. The maximum Gasteiger partial charge on any atom is 0.0955 e. The Morgan fingerprint density at radius 1 is 1.50 bits per heavy atom. The SMILES string of the molecule is Cn1cnc2cc(C(O)C3CCCNC3)ccc21. The number of aryl methyl sites for hydroxylation is 1. The van der Waals surface area contributed by atoms with Crippen LogP contribution < -0.4 is 5.32 Å². The maximum absolute atomic E-state index is 10.4. The molecular weight excluding hydrogens is 226 g/mol. The summed E-state index contributed by atoms with van der Waals surface area (Å²) in [4.78, 5) is 4.34. The molecule has 0 radical (unpaired) electrons. The van der Waals surface area contributed by atoms with E-state index in [-0.39, 0.29) is 6.10 Å². The third-order valence-corrected chi connectivity index (χ3v) is 3.87. The Morgan fingerprint density at radius 2 is 2.39 bits per heavy atom. The van der Waals surface area contributed by atoms with Crippen LogP contribution >= 0.6 is 0 Å². The molecule has 0 spiro atoms. The minimum absolute atomic E-state index is 0.319. The second-order valence-corrected chi connectivity index (χ2v) is 5.15. The standard InChI is InChI=1S/C14H19N3O/c1-17-9-16-12-7-10(4-5-13(12)17)14(18)11-3-2-6-15-8-11/h4-5,7,9,11,14-15,18H,2-3,6,8H2,1H3. The van der Waals surface area contributed by atoms with Crippen LogP contribution in [0.15, 0.2) is 24.5 Å². The van der Waals surface area contributed by atoms with Crippen molar-refractivity contribution in [2.75, 3.05) is 13.1 Å². The molecule has 2 unspecified atom stereocenters. The largest absolute Gasteiger partial charge is 0.388 e. The Bertz CT molecular complexity index is 543. The van der Waals surface area contributed by atoms with Crippen LogP contribution in [0.4, 0.5) is 0 Å². The number of hydrogen-bond acceptors (Lipinski definition) is 3. The third-order valence-electron chi connectivity index (χ3n) is 3.87. The van der Waals surface area contributed by atoms with Crippen LogP contribution in [0.5, 0.6) is 0 Å². The summed E-state index contributed by atoms with van der Waals surface area (Å²) in [7, 11) is 1.98. The second kappa shape index (κ2) is 4.71. The van der Waals surface area contributed by atoms with Gasteiger partial charge in [-0.2, -0.15) is 0 Å². The number of rotatable bonds is 2. The van der Waals surface area contributed by atoms with Gasteiger partial charge in [0.15, 0.2) is 0 Å². The molecule has 1 aromatic carbocycles. The highest BCUT2D eigenvalue weighted by atomic mass is 16.3. The van der Waals surface area contributed by atoms with Crippen molar-refractivity contribution < 1.29 is 5.11 Å². The molecule has 96 valence electrons. The van der Waals surface area contributed by atoms with Crippen molar-refractivity contribution >= 4 is 11.0 Å². The Labute approximate surface area is 107 Å². The number of aromatic nitrogens is 2. The van der Waals surface area contributed by atoms with E-state index >= 15 is 0 Å². The van der Waals surface area contributed by atoms with E-state index in [1.807, 2.05) is 36.1 Å². The Balaban J connectivity index is 1.88. The number of aliphatic hydroxyl groups excluding tert-OH is 1. The number of nitrogens with one attached hydrogen (secondary N) is 1. The average molecular weight is 245 g/mol. The van der Waals surface area contributed by atoms with E-state index in [1.165, 1.54) is 0 Å². The number of imidazole rings is 1. The quantitative estimate of drug-likeness (QED) is 0.845. The van der Waals surface area contributed by atoms with Crippen LogP contribution in [0, 0.1) is 5.92 Å². The first-order valence-corrected chi connectivity index (χ1v) is 6.55.